The number of nitriles is 1. The summed E-state index contributed by atoms with van der Waals surface area (Å²) >= 11 is 6.19. The molecule has 1 fully saturated rings. The van der Waals surface area contributed by atoms with Crippen LogP contribution in [0.5, 0.6) is 0 Å². The van der Waals surface area contributed by atoms with Gasteiger partial charge >= 0.3 is 0 Å². The van der Waals surface area contributed by atoms with Crippen molar-refractivity contribution in [2.45, 2.75) is 52.1 Å². The topological polar surface area (TPSA) is 35.8 Å². The molecule has 1 aromatic rings. The number of hydrogen-bond acceptors (Lipinski definition) is 2. The summed E-state index contributed by atoms with van der Waals surface area (Å²) < 4.78 is 0. The number of rotatable bonds is 3. The van der Waals surface area contributed by atoms with Crippen molar-refractivity contribution in [1.29, 1.82) is 5.26 Å². The quantitative estimate of drug-likeness (QED) is 0.895. The van der Waals surface area contributed by atoms with Gasteiger partial charge in [0.25, 0.3) is 0 Å². The molecule has 1 aromatic carbocycles. The lowest BCUT2D eigenvalue weighted by molar-refractivity contribution is 0.198. The van der Waals surface area contributed by atoms with Gasteiger partial charge < -0.3 is 5.32 Å². The lowest BCUT2D eigenvalue weighted by Crippen LogP contribution is -2.36. The summed E-state index contributed by atoms with van der Waals surface area (Å²) in [6, 6.07) is 8.20. The summed E-state index contributed by atoms with van der Waals surface area (Å²) in [4.78, 5) is 0. The summed E-state index contributed by atoms with van der Waals surface area (Å²) in [5.41, 5.74) is 2.14. The Bertz CT molecular complexity index is 488. The molecule has 2 rings (SSSR count). The highest BCUT2D eigenvalue weighted by Crippen LogP contribution is 2.35. The molecule has 1 unspecified atom stereocenters. The summed E-state index contributed by atoms with van der Waals surface area (Å²) in [5, 5.41) is 13.1. The first-order valence-corrected chi connectivity index (χ1v) is 7.30. The summed E-state index contributed by atoms with van der Waals surface area (Å²) in [6.45, 7) is 5.47. The van der Waals surface area contributed by atoms with E-state index in [2.05, 4.69) is 25.2 Å². The van der Waals surface area contributed by atoms with Crippen LogP contribution in [0.4, 0.5) is 0 Å². The predicted molar refractivity (Wildman–Crippen MR) is 79.0 cm³/mol. The smallest absolute Gasteiger partial charge is 0.0992 e. The molecule has 0 aromatic heterocycles. The molecule has 1 N–H and O–H groups in total. The maximum Gasteiger partial charge on any atom is 0.0992 e. The number of nitrogens with zero attached hydrogens (tertiary/aromatic N) is 1. The first kappa shape index (κ1) is 14.4. The van der Waals surface area contributed by atoms with Crippen molar-refractivity contribution in [2.75, 3.05) is 0 Å². The van der Waals surface area contributed by atoms with Gasteiger partial charge in [0, 0.05) is 17.6 Å². The van der Waals surface area contributed by atoms with Gasteiger partial charge in [0.1, 0.15) is 0 Å². The Kier molecular flexibility index (Phi) is 4.50. The molecule has 2 nitrogen and oxygen atoms in total. The molecule has 0 aliphatic heterocycles. The van der Waals surface area contributed by atoms with Crippen LogP contribution in [0.1, 0.15) is 50.7 Å². The maximum absolute atomic E-state index is 8.82. The molecule has 1 aliphatic carbocycles. The van der Waals surface area contributed by atoms with E-state index in [1.807, 2.05) is 12.1 Å². The molecular formula is C16H21ClN2. The zero-order valence-electron chi connectivity index (χ0n) is 11.7. The van der Waals surface area contributed by atoms with Crippen LogP contribution in [0.2, 0.25) is 5.02 Å². The normalized spacial score (nSPS) is 21.9. The fourth-order valence-electron chi connectivity index (χ4n) is 2.89. The van der Waals surface area contributed by atoms with Gasteiger partial charge in [0.15, 0.2) is 0 Å². The van der Waals surface area contributed by atoms with Crippen LogP contribution in [0.25, 0.3) is 0 Å². The van der Waals surface area contributed by atoms with Gasteiger partial charge in [-0.1, -0.05) is 37.9 Å². The van der Waals surface area contributed by atoms with Crippen LogP contribution < -0.4 is 5.32 Å². The first-order chi connectivity index (χ1) is 9.00. The Morgan fingerprint density at radius 2 is 2.26 bits per heavy atom. The molecule has 0 bridgehead atoms. The molecule has 0 heterocycles. The Morgan fingerprint density at radius 3 is 2.89 bits per heavy atom. The van der Waals surface area contributed by atoms with Crippen LogP contribution >= 0.6 is 11.6 Å². The molecule has 0 amide bonds. The van der Waals surface area contributed by atoms with E-state index in [0.29, 0.717) is 22.0 Å². The highest BCUT2D eigenvalue weighted by Gasteiger charge is 2.27. The van der Waals surface area contributed by atoms with E-state index >= 15 is 0 Å². The Balaban J connectivity index is 1.94. The van der Waals surface area contributed by atoms with Crippen LogP contribution in [0.3, 0.4) is 0 Å². The van der Waals surface area contributed by atoms with Gasteiger partial charge in [-0.05, 0) is 42.4 Å². The average molecular weight is 277 g/mol. The number of benzene rings is 1. The molecule has 19 heavy (non-hydrogen) atoms. The SMILES string of the molecule is CC1(C)CCCC(NCc2ccc(C#N)cc2Cl)C1. The van der Waals surface area contributed by atoms with Crippen LogP contribution in [-0.4, -0.2) is 6.04 Å². The van der Waals surface area contributed by atoms with Gasteiger partial charge in [0.2, 0.25) is 0 Å². The molecule has 1 aliphatic rings. The molecular weight excluding hydrogens is 256 g/mol. The Hall–Kier alpha value is -1.04. The zero-order valence-corrected chi connectivity index (χ0v) is 12.4. The van der Waals surface area contributed by atoms with Gasteiger partial charge in [0.05, 0.1) is 11.6 Å². The van der Waals surface area contributed by atoms with Gasteiger partial charge in [-0.2, -0.15) is 5.26 Å². The molecule has 102 valence electrons. The molecule has 1 saturated carbocycles. The van der Waals surface area contributed by atoms with E-state index in [4.69, 9.17) is 16.9 Å². The third kappa shape index (κ3) is 3.96. The van der Waals surface area contributed by atoms with E-state index in [1.54, 1.807) is 6.07 Å². The fourth-order valence-corrected chi connectivity index (χ4v) is 3.13. The lowest BCUT2D eigenvalue weighted by atomic mass is 9.75. The molecule has 0 saturated heterocycles. The van der Waals surface area contributed by atoms with Crippen LogP contribution in [-0.2, 0) is 6.54 Å². The van der Waals surface area contributed by atoms with Gasteiger partial charge in [-0.15, -0.1) is 0 Å². The van der Waals surface area contributed by atoms with Crippen LogP contribution in [0.15, 0.2) is 18.2 Å². The molecule has 1 atom stereocenters. The van der Waals surface area contributed by atoms with E-state index in [9.17, 15) is 0 Å². The van der Waals surface area contributed by atoms with Crippen molar-refractivity contribution in [2.24, 2.45) is 5.41 Å². The fraction of sp³-hybridized carbons (Fsp3) is 0.562. The minimum Gasteiger partial charge on any atom is -0.310 e. The largest absolute Gasteiger partial charge is 0.310 e. The second-order valence-corrected chi connectivity index (χ2v) is 6.66. The summed E-state index contributed by atoms with van der Waals surface area (Å²) in [5.74, 6) is 0. The van der Waals surface area contributed by atoms with Crippen molar-refractivity contribution in [1.82, 2.24) is 5.32 Å². The molecule has 0 spiro atoms. The molecule has 3 heteroatoms. The second kappa shape index (κ2) is 5.94. The first-order valence-electron chi connectivity index (χ1n) is 6.92. The Morgan fingerprint density at radius 1 is 1.47 bits per heavy atom. The van der Waals surface area contributed by atoms with Crippen molar-refractivity contribution >= 4 is 11.6 Å². The zero-order chi connectivity index (χ0) is 13.9. The van der Waals surface area contributed by atoms with Gasteiger partial charge in [-0.25, -0.2) is 0 Å². The Labute approximate surface area is 120 Å². The predicted octanol–water partition coefficient (Wildman–Crippen LogP) is 4.27. The van der Waals surface area contributed by atoms with Crippen molar-refractivity contribution < 1.29 is 0 Å². The highest BCUT2D eigenvalue weighted by molar-refractivity contribution is 6.31. The van der Waals surface area contributed by atoms with E-state index in [0.717, 1.165) is 12.1 Å². The van der Waals surface area contributed by atoms with Gasteiger partial charge in [-0.3, -0.25) is 0 Å². The summed E-state index contributed by atoms with van der Waals surface area (Å²) in [6.07, 6.45) is 5.09. The minimum atomic E-state index is 0.449. The minimum absolute atomic E-state index is 0.449. The van der Waals surface area contributed by atoms with Crippen molar-refractivity contribution in [3.8, 4) is 6.07 Å². The van der Waals surface area contributed by atoms with Crippen molar-refractivity contribution in [3.63, 3.8) is 0 Å². The number of nitrogens with one attached hydrogen (secondary N) is 1. The van der Waals surface area contributed by atoms with E-state index in [-0.39, 0.29) is 0 Å². The third-order valence-electron chi connectivity index (χ3n) is 3.97. The second-order valence-electron chi connectivity index (χ2n) is 6.26. The van der Waals surface area contributed by atoms with E-state index in [1.165, 1.54) is 25.7 Å². The average Bonchev–Trinajstić information content (AvgIpc) is 2.36. The highest BCUT2D eigenvalue weighted by atomic mass is 35.5. The van der Waals surface area contributed by atoms with Crippen molar-refractivity contribution in [3.05, 3.63) is 34.3 Å². The van der Waals surface area contributed by atoms with E-state index < -0.39 is 0 Å². The summed E-state index contributed by atoms with van der Waals surface area (Å²) in [7, 11) is 0. The maximum atomic E-state index is 8.82. The third-order valence-corrected chi connectivity index (χ3v) is 4.32. The monoisotopic (exact) mass is 276 g/mol. The van der Waals surface area contributed by atoms with Crippen LogP contribution in [0, 0.1) is 16.7 Å². The standard InChI is InChI=1S/C16H21ClN2/c1-16(2)7-3-4-14(9-16)19-11-13-6-5-12(10-18)8-15(13)17/h5-6,8,14,19H,3-4,7,9,11H2,1-2H3. The number of halogens is 1. The molecule has 0 radical (unpaired) electrons. The number of hydrogen-bond donors (Lipinski definition) is 1. The lowest BCUT2D eigenvalue weighted by Gasteiger charge is -2.35.